The second kappa shape index (κ2) is 18.9. The molecule has 0 aliphatic rings. The highest BCUT2D eigenvalue weighted by Gasteiger charge is 2.17. The van der Waals surface area contributed by atoms with Crippen molar-refractivity contribution in [3.63, 3.8) is 0 Å². The van der Waals surface area contributed by atoms with Crippen LogP contribution < -0.4 is 0 Å². The van der Waals surface area contributed by atoms with Crippen LogP contribution in [0.2, 0.25) is 0 Å². The summed E-state index contributed by atoms with van der Waals surface area (Å²) in [6.07, 6.45) is 1.43. The number of hydrogen-bond donors (Lipinski definition) is 4. The summed E-state index contributed by atoms with van der Waals surface area (Å²) in [5.41, 5.74) is 0. The molecule has 186 valence electrons. The first-order valence-electron chi connectivity index (χ1n) is 11.6. The van der Waals surface area contributed by atoms with E-state index in [2.05, 4.69) is 6.58 Å². The van der Waals surface area contributed by atoms with Gasteiger partial charge in [0.05, 0.1) is 50.8 Å². The topological polar surface area (TPSA) is 106 Å². The van der Waals surface area contributed by atoms with E-state index in [0.717, 1.165) is 6.42 Å². The Morgan fingerprint density at radius 1 is 0.742 bits per heavy atom. The molecular weight excluding hydrogens is 400 g/mol. The largest absolute Gasteiger partial charge is 0.392 e. The lowest BCUT2D eigenvalue weighted by atomic mass is 10.1. The number of allylic oxidation sites excluding steroid dienone is 1. The Bertz CT molecular complexity index is 413. The molecule has 0 saturated carbocycles. The van der Waals surface area contributed by atoms with Crippen LogP contribution >= 0.6 is 0 Å². The summed E-state index contributed by atoms with van der Waals surface area (Å²) >= 11 is 0. The summed E-state index contributed by atoms with van der Waals surface area (Å²) in [5, 5.41) is 39.5. The van der Waals surface area contributed by atoms with Crippen LogP contribution in [-0.2, 0) is 9.47 Å². The van der Waals surface area contributed by atoms with Crippen molar-refractivity contribution in [3.05, 3.63) is 12.7 Å². The summed E-state index contributed by atoms with van der Waals surface area (Å²) in [6.45, 7) is 16.3. The fraction of sp³-hybridized carbons (Fsp3) is 0.913. The SMILES string of the molecule is C=CCCC(O)CN(CCOCCOCCN(CC(C)O)CC(C)O)CC(O)C(C)C. The molecule has 0 amide bonds. The highest BCUT2D eigenvalue weighted by Crippen LogP contribution is 2.07. The Balaban J connectivity index is 4.11. The third-order valence-electron chi connectivity index (χ3n) is 4.91. The van der Waals surface area contributed by atoms with Crippen LogP contribution in [0.15, 0.2) is 12.7 Å². The molecule has 0 fully saturated rings. The predicted octanol–water partition coefficient (Wildman–Crippen LogP) is 0.729. The Labute approximate surface area is 189 Å². The van der Waals surface area contributed by atoms with E-state index in [1.807, 2.05) is 23.6 Å². The van der Waals surface area contributed by atoms with Crippen LogP contribution in [0.3, 0.4) is 0 Å². The quantitative estimate of drug-likeness (QED) is 0.150. The third kappa shape index (κ3) is 18.7. The molecular formula is C23H48N2O6. The van der Waals surface area contributed by atoms with Crippen molar-refractivity contribution >= 4 is 0 Å². The molecule has 0 aliphatic heterocycles. The molecule has 0 aromatic carbocycles. The molecule has 31 heavy (non-hydrogen) atoms. The third-order valence-corrected chi connectivity index (χ3v) is 4.91. The average Bonchev–Trinajstić information content (AvgIpc) is 2.66. The maximum absolute atomic E-state index is 10.2. The zero-order chi connectivity index (χ0) is 23.6. The van der Waals surface area contributed by atoms with Crippen molar-refractivity contribution in [2.45, 2.75) is 65.0 Å². The maximum atomic E-state index is 10.2. The van der Waals surface area contributed by atoms with Gasteiger partial charge in [-0.3, -0.25) is 9.80 Å². The minimum atomic E-state index is -0.452. The van der Waals surface area contributed by atoms with Crippen molar-refractivity contribution in [2.24, 2.45) is 5.92 Å². The average molecular weight is 449 g/mol. The lowest BCUT2D eigenvalue weighted by Crippen LogP contribution is -2.41. The van der Waals surface area contributed by atoms with E-state index in [1.165, 1.54) is 0 Å². The van der Waals surface area contributed by atoms with E-state index in [9.17, 15) is 20.4 Å². The zero-order valence-corrected chi connectivity index (χ0v) is 20.2. The summed E-state index contributed by atoms with van der Waals surface area (Å²) < 4.78 is 11.3. The highest BCUT2D eigenvalue weighted by molar-refractivity contribution is 4.74. The summed E-state index contributed by atoms with van der Waals surface area (Å²) in [5.74, 6) is 0.157. The standard InChI is InChI=1S/C23H48N2O6/c1-6-7-8-22(28)17-25(18-23(29)19(2)3)10-12-31-14-13-30-11-9-24(15-20(4)26)16-21(5)27/h6,19-23,26-29H,1,7-18H2,2-5H3. The van der Waals surface area contributed by atoms with Gasteiger partial charge in [0.2, 0.25) is 0 Å². The van der Waals surface area contributed by atoms with Gasteiger partial charge in [0.1, 0.15) is 0 Å². The normalized spacial score (nSPS) is 16.1. The summed E-state index contributed by atoms with van der Waals surface area (Å²) in [7, 11) is 0. The Morgan fingerprint density at radius 2 is 1.23 bits per heavy atom. The Hall–Kier alpha value is -0.580. The van der Waals surface area contributed by atoms with E-state index in [0.29, 0.717) is 72.1 Å². The van der Waals surface area contributed by atoms with Crippen LogP contribution in [0, 0.1) is 5.92 Å². The Morgan fingerprint density at radius 3 is 1.65 bits per heavy atom. The lowest BCUT2D eigenvalue weighted by molar-refractivity contribution is 0.00657. The molecule has 4 unspecified atom stereocenters. The van der Waals surface area contributed by atoms with Crippen LogP contribution in [0.25, 0.3) is 0 Å². The van der Waals surface area contributed by atoms with Crippen molar-refractivity contribution in [2.75, 3.05) is 65.7 Å². The fourth-order valence-corrected chi connectivity index (χ4v) is 3.15. The van der Waals surface area contributed by atoms with Crippen LogP contribution in [0.5, 0.6) is 0 Å². The van der Waals surface area contributed by atoms with Gasteiger partial charge in [-0.2, -0.15) is 0 Å². The second-order valence-corrected chi connectivity index (χ2v) is 8.77. The molecule has 0 bridgehead atoms. The van der Waals surface area contributed by atoms with Crippen molar-refractivity contribution in [1.29, 1.82) is 0 Å². The van der Waals surface area contributed by atoms with Crippen molar-refractivity contribution in [1.82, 2.24) is 9.80 Å². The van der Waals surface area contributed by atoms with Gasteiger partial charge in [-0.25, -0.2) is 0 Å². The van der Waals surface area contributed by atoms with Gasteiger partial charge in [0, 0.05) is 39.3 Å². The van der Waals surface area contributed by atoms with Gasteiger partial charge in [0.15, 0.2) is 0 Å². The first-order chi connectivity index (χ1) is 14.6. The van der Waals surface area contributed by atoms with E-state index in [-0.39, 0.29) is 5.92 Å². The van der Waals surface area contributed by atoms with Gasteiger partial charge < -0.3 is 29.9 Å². The molecule has 4 N–H and O–H groups in total. The molecule has 0 spiro atoms. The first kappa shape index (κ1) is 30.4. The van der Waals surface area contributed by atoms with Gasteiger partial charge >= 0.3 is 0 Å². The summed E-state index contributed by atoms with van der Waals surface area (Å²) in [6, 6.07) is 0. The van der Waals surface area contributed by atoms with Gasteiger partial charge in [0.25, 0.3) is 0 Å². The van der Waals surface area contributed by atoms with Crippen molar-refractivity contribution < 1.29 is 29.9 Å². The molecule has 0 aromatic rings. The fourth-order valence-electron chi connectivity index (χ4n) is 3.15. The molecule has 0 aliphatic carbocycles. The number of aliphatic hydroxyl groups excluding tert-OH is 4. The lowest BCUT2D eigenvalue weighted by Gasteiger charge is -2.28. The smallest absolute Gasteiger partial charge is 0.0701 e. The second-order valence-electron chi connectivity index (χ2n) is 8.77. The number of rotatable bonds is 21. The van der Waals surface area contributed by atoms with Crippen LogP contribution in [-0.4, -0.2) is 120 Å². The molecule has 4 atom stereocenters. The molecule has 0 aromatic heterocycles. The molecule has 0 heterocycles. The molecule has 0 saturated heterocycles. The van der Waals surface area contributed by atoms with E-state index >= 15 is 0 Å². The van der Waals surface area contributed by atoms with Gasteiger partial charge in [-0.15, -0.1) is 6.58 Å². The van der Waals surface area contributed by atoms with Gasteiger partial charge in [-0.1, -0.05) is 19.9 Å². The summed E-state index contributed by atoms with van der Waals surface area (Å²) in [4.78, 5) is 4.02. The Kier molecular flexibility index (Phi) is 18.6. The first-order valence-corrected chi connectivity index (χ1v) is 11.6. The molecule has 8 heteroatoms. The maximum Gasteiger partial charge on any atom is 0.0701 e. The number of nitrogens with zero attached hydrogens (tertiary/aromatic N) is 2. The number of hydrogen-bond acceptors (Lipinski definition) is 8. The molecule has 0 radical (unpaired) electrons. The van der Waals surface area contributed by atoms with E-state index in [4.69, 9.17) is 9.47 Å². The minimum Gasteiger partial charge on any atom is -0.392 e. The molecule has 8 nitrogen and oxygen atoms in total. The van der Waals surface area contributed by atoms with Crippen LogP contribution in [0.1, 0.15) is 40.5 Å². The van der Waals surface area contributed by atoms with Crippen molar-refractivity contribution in [3.8, 4) is 0 Å². The predicted molar refractivity (Wildman–Crippen MR) is 124 cm³/mol. The number of aliphatic hydroxyl groups is 4. The van der Waals surface area contributed by atoms with E-state index < -0.39 is 24.4 Å². The van der Waals surface area contributed by atoms with Crippen LogP contribution in [0.4, 0.5) is 0 Å². The monoisotopic (exact) mass is 448 g/mol. The zero-order valence-electron chi connectivity index (χ0n) is 20.2. The van der Waals surface area contributed by atoms with E-state index in [1.54, 1.807) is 19.9 Å². The van der Waals surface area contributed by atoms with Gasteiger partial charge in [-0.05, 0) is 32.6 Å². The minimum absolute atomic E-state index is 0.157. The number of ether oxygens (including phenoxy) is 2. The highest BCUT2D eigenvalue weighted by atomic mass is 16.5. The molecule has 0 rings (SSSR count).